The van der Waals surface area contributed by atoms with Crippen LogP contribution in [0.15, 0.2) is 54.6 Å². The number of nitrogens with zero attached hydrogens (tertiary/aromatic N) is 1. The van der Waals surface area contributed by atoms with Gasteiger partial charge in [0.1, 0.15) is 5.75 Å². The van der Waals surface area contributed by atoms with E-state index < -0.39 is 5.97 Å². The van der Waals surface area contributed by atoms with Gasteiger partial charge in [-0.1, -0.05) is 24.3 Å². The van der Waals surface area contributed by atoms with Crippen molar-refractivity contribution in [3.8, 4) is 5.75 Å². The molecule has 29 heavy (non-hydrogen) atoms. The molecule has 0 atom stereocenters. The van der Waals surface area contributed by atoms with E-state index in [-0.39, 0.29) is 24.3 Å². The van der Waals surface area contributed by atoms with Crippen LogP contribution < -0.4 is 10.1 Å². The number of amides is 2. The summed E-state index contributed by atoms with van der Waals surface area (Å²) in [6.07, 6.45) is 1.17. The molecule has 7 heteroatoms. The van der Waals surface area contributed by atoms with Crippen LogP contribution in [0.25, 0.3) is 0 Å². The number of carbonyl (C=O) groups excluding carboxylic acids is 3. The number of carbonyl (C=O) groups is 3. The first-order valence-electron chi connectivity index (χ1n) is 9.51. The number of para-hydroxylation sites is 1. The van der Waals surface area contributed by atoms with Gasteiger partial charge in [0, 0.05) is 24.7 Å². The molecule has 3 rings (SSSR count). The standard InChI is InChI=1S/C22H24N2O5/c1-28-22(27)17-6-5-7-18(14-17)23-21(26)16-10-12-24(13-11-16)20(25)15-29-19-8-3-2-4-9-19/h2-9,14,16H,10-13,15H2,1H3,(H,23,26). The van der Waals surface area contributed by atoms with Crippen molar-refractivity contribution in [2.75, 3.05) is 32.1 Å². The third-order valence-electron chi connectivity index (χ3n) is 4.88. The molecule has 0 unspecified atom stereocenters. The van der Waals surface area contributed by atoms with Gasteiger partial charge in [-0.25, -0.2) is 4.79 Å². The summed E-state index contributed by atoms with van der Waals surface area (Å²) in [5.41, 5.74) is 0.928. The Labute approximate surface area is 169 Å². The van der Waals surface area contributed by atoms with Crippen LogP contribution in [0.4, 0.5) is 5.69 Å². The first kappa shape index (κ1) is 20.4. The summed E-state index contributed by atoms with van der Waals surface area (Å²) in [7, 11) is 1.31. The topological polar surface area (TPSA) is 84.9 Å². The van der Waals surface area contributed by atoms with Crippen LogP contribution in [0, 0.1) is 5.92 Å². The molecule has 152 valence electrons. The maximum atomic E-state index is 12.6. The zero-order valence-corrected chi connectivity index (χ0v) is 16.3. The van der Waals surface area contributed by atoms with Crippen molar-refractivity contribution in [2.24, 2.45) is 5.92 Å². The van der Waals surface area contributed by atoms with E-state index in [9.17, 15) is 14.4 Å². The SMILES string of the molecule is COC(=O)c1cccc(NC(=O)C2CCN(C(=O)COc3ccccc3)CC2)c1. The number of methoxy groups -OCH3 is 1. The van der Waals surface area contributed by atoms with Gasteiger partial charge in [0.25, 0.3) is 5.91 Å². The Morgan fingerprint density at radius 3 is 2.45 bits per heavy atom. The molecule has 2 aromatic carbocycles. The fourth-order valence-corrected chi connectivity index (χ4v) is 3.23. The second-order valence-corrected chi connectivity index (χ2v) is 6.82. The van der Waals surface area contributed by atoms with E-state index >= 15 is 0 Å². The van der Waals surface area contributed by atoms with Gasteiger partial charge in [0.15, 0.2) is 6.61 Å². The van der Waals surface area contributed by atoms with Crippen molar-refractivity contribution >= 4 is 23.5 Å². The van der Waals surface area contributed by atoms with Crippen molar-refractivity contribution in [1.82, 2.24) is 4.90 Å². The molecule has 2 amide bonds. The van der Waals surface area contributed by atoms with Crippen LogP contribution >= 0.6 is 0 Å². The zero-order chi connectivity index (χ0) is 20.6. The molecule has 2 aromatic rings. The highest BCUT2D eigenvalue weighted by molar-refractivity contribution is 5.95. The van der Waals surface area contributed by atoms with Gasteiger partial charge in [-0.3, -0.25) is 9.59 Å². The fourth-order valence-electron chi connectivity index (χ4n) is 3.23. The molecule has 0 aromatic heterocycles. The predicted octanol–water partition coefficient (Wildman–Crippen LogP) is 2.73. The molecule has 0 spiro atoms. The van der Waals surface area contributed by atoms with Crippen LogP contribution in [0.5, 0.6) is 5.75 Å². The van der Waals surface area contributed by atoms with E-state index in [0.29, 0.717) is 42.9 Å². The lowest BCUT2D eigenvalue weighted by Crippen LogP contribution is -2.43. The predicted molar refractivity (Wildman–Crippen MR) is 108 cm³/mol. The molecule has 0 saturated carbocycles. The van der Waals surface area contributed by atoms with E-state index in [4.69, 9.17) is 9.47 Å². The van der Waals surface area contributed by atoms with Crippen molar-refractivity contribution in [3.05, 3.63) is 60.2 Å². The lowest BCUT2D eigenvalue weighted by Gasteiger charge is -2.31. The summed E-state index contributed by atoms with van der Waals surface area (Å²) in [4.78, 5) is 38.2. The molecule has 1 aliphatic heterocycles. The zero-order valence-electron chi connectivity index (χ0n) is 16.3. The molecule has 1 fully saturated rings. The Morgan fingerprint density at radius 2 is 1.76 bits per heavy atom. The highest BCUT2D eigenvalue weighted by Gasteiger charge is 2.27. The van der Waals surface area contributed by atoms with Gasteiger partial charge in [0.05, 0.1) is 12.7 Å². The van der Waals surface area contributed by atoms with Crippen molar-refractivity contribution in [2.45, 2.75) is 12.8 Å². The number of anilines is 1. The van der Waals surface area contributed by atoms with E-state index in [1.54, 1.807) is 41.3 Å². The lowest BCUT2D eigenvalue weighted by atomic mass is 9.95. The van der Waals surface area contributed by atoms with Crippen LogP contribution in [0.3, 0.4) is 0 Å². The number of ether oxygens (including phenoxy) is 2. The second-order valence-electron chi connectivity index (χ2n) is 6.82. The summed E-state index contributed by atoms with van der Waals surface area (Å²) in [5, 5.41) is 2.85. The number of nitrogens with one attached hydrogen (secondary N) is 1. The largest absolute Gasteiger partial charge is 0.484 e. The maximum Gasteiger partial charge on any atom is 0.337 e. The summed E-state index contributed by atoms with van der Waals surface area (Å²) in [6.45, 7) is 1.01. The minimum Gasteiger partial charge on any atom is -0.484 e. The van der Waals surface area contributed by atoms with Gasteiger partial charge >= 0.3 is 5.97 Å². The Balaban J connectivity index is 1.47. The first-order chi connectivity index (χ1) is 14.1. The molecule has 1 saturated heterocycles. The Morgan fingerprint density at radius 1 is 1.03 bits per heavy atom. The van der Waals surface area contributed by atoms with Gasteiger partial charge in [-0.15, -0.1) is 0 Å². The van der Waals surface area contributed by atoms with E-state index in [0.717, 1.165) is 0 Å². The van der Waals surface area contributed by atoms with Gasteiger partial charge in [0.2, 0.25) is 5.91 Å². The molecule has 1 heterocycles. The number of hydrogen-bond donors (Lipinski definition) is 1. The molecular formula is C22H24N2O5. The Hall–Kier alpha value is -3.35. The molecule has 1 N–H and O–H groups in total. The molecule has 0 bridgehead atoms. The molecule has 7 nitrogen and oxygen atoms in total. The van der Waals surface area contributed by atoms with E-state index in [1.807, 2.05) is 18.2 Å². The van der Waals surface area contributed by atoms with Gasteiger partial charge in [-0.05, 0) is 43.2 Å². The molecule has 0 aliphatic carbocycles. The van der Waals surface area contributed by atoms with Crippen LogP contribution in [-0.4, -0.2) is 49.5 Å². The molecular weight excluding hydrogens is 372 g/mol. The van der Waals surface area contributed by atoms with Gasteiger partial charge in [-0.2, -0.15) is 0 Å². The Bertz CT molecular complexity index is 861. The molecule has 1 aliphatic rings. The lowest BCUT2D eigenvalue weighted by molar-refractivity contribution is -0.136. The summed E-state index contributed by atoms with van der Waals surface area (Å²) >= 11 is 0. The third kappa shape index (κ3) is 5.57. The van der Waals surface area contributed by atoms with Crippen LogP contribution in [0.1, 0.15) is 23.2 Å². The van der Waals surface area contributed by atoms with Crippen molar-refractivity contribution in [3.63, 3.8) is 0 Å². The highest BCUT2D eigenvalue weighted by Crippen LogP contribution is 2.21. The Kier molecular flexibility index (Phi) is 6.84. The normalized spacial score (nSPS) is 14.2. The van der Waals surface area contributed by atoms with Crippen LogP contribution in [0.2, 0.25) is 0 Å². The van der Waals surface area contributed by atoms with Crippen molar-refractivity contribution in [1.29, 1.82) is 0 Å². The monoisotopic (exact) mass is 396 g/mol. The fraction of sp³-hybridized carbons (Fsp3) is 0.318. The minimum absolute atomic E-state index is 0.0127. The molecule has 0 radical (unpaired) electrons. The number of hydrogen-bond acceptors (Lipinski definition) is 5. The second kappa shape index (κ2) is 9.73. The number of rotatable bonds is 6. The number of benzene rings is 2. The summed E-state index contributed by atoms with van der Waals surface area (Å²) in [5.74, 6) is -0.177. The summed E-state index contributed by atoms with van der Waals surface area (Å²) < 4.78 is 10.2. The average Bonchev–Trinajstić information content (AvgIpc) is 2.78. The first-order valence-corrected chi connectivity index (χ1v) is 9.51. The smallest absolute Gasteiger partial charge is 0.337 e. The highest BCUT2D eigenvalue weighted by atomic mass is 16.5. The maximum absolute atomic E-state index is 12.6. The number of piperidine rings is 1. The quantitative estimate of drug-likeness (QED) is 0.759. The van der Waals surface area contributed by atoms with Crippen LogP contribution in [-0.2, 0) is 14.3 Å². The summed E-state index contributed by atoms with van der Waals surface area (Å²) in [6, 6.07) is 15.8. The van der Waals surface area contributed by atoms with Crippen molar-refractivity contribution < 1.29 is 23.9 Å². The average molecular weight is 396 g/mol. The number of esters is 1. The van der Waals surface area contributed by atoms with Gasteiger partial charge < -0.3 is 19.7 Å². The third-order valence-corrected chi connectivity index (χ3v) is 4.88. The number of likely N-dealkylation sites (tertiary alicyclic amines) is 1. The minimum atomic E-state index is -0.453. The van der Waals surface area contributed by atoms with E-state index in [1.165, 1.54) is 7.11 Å². The van der Waals surface area contributed by atoms with E-state index in [2.05, 4.69) is 5.32 Å².